The maximum Gasteiger partial charge on any atom is 1.00 e. The van der Waals surface area contributed by atoms with Gasteiger partial charge in [0.05, 0.1) is 48.5 Å². The quantitative estimate of drug-likeness (QED) is 0.0245. The standard InChI is InChI=1S/C56H50O14S4.4CH4.2Na/c1-37-7-27-47(28-8-37)72(58,59)48-29-25-44(26-30-48)66-43-19-11-39(12-20-43)56(4,5)40-13-21-45(22-14-40)67-51-33-31-49(35-53(51)71-70-69-57)73(60,61)50-32-34-52(54(36-50)74(62,63)64)68-46-23-15-41(16-24-46)55(2,3)38-9-17-42(65-6)18-10-38;;;;;;/h7-36,57H,1-6H3,(H,62,63,64);4*1H4;;/q;;;;;2*+1/p-2. The molecule has 0 aliphatic rings. The largest absolute Gasteiger partial charge is 1.00 e. The summed E-state index contributed by atoms with van der Waals surface area (Å²) in [6.45, 7) is 10.1. The summed E-state index contributed by atoms with van der Waals surface area (Å²) in [5.74, 6) is 1.99. The van der Waals surface area contributed by atoms with E-state index in [1.54, 1.807) is 79.9 Å². The van der Waals surface area contributed by atoms with Gasteiger partial charge in [-0.15, -0.1) is 0 Å². The predicted molar refractivity (Wildman–Crippen MR) is 301 cm³/mol. The molecule has 0 amide bonds. The molecule has 0 fully saturated rings. The van der Waals surface area contributed by atoms with E-state index in [-0.39, 0.29) is 126 Å². The first-order chi connectivity index (χ1) is 35.1. The van der Waals surface area contributed by atoms with Crippen molar-refractivity contribution in [2.75, 3.05) is 7.11 Å². The Morgan fingerprint density at radius 2 is 0.750 bits per heavy atom. The molecule has 0 saturated carbocycles. The topological polar surface area (TPSA) is 204 Å². The van der Waals surface area contributed by atoms with Crippen LogP contribution in [0.15, 0.2) is 211 Å². The van der Waals surface area contributed by atoms with Crippen molar-refractivity contribution in [2.45, 2.75) is 105 Å². The third-order valence-electron chi connectivity index (χ3n) is 12.6. The van der Waals surface area contributed by atoms with Crippen molar-refractivity contribution in [3.8, 4) is 40.2 Å². The number of ether oxygens (including phenoxy) is 4. The van der Waals surface area contributed by atoms with Crippen LogP contribution >= 0.6 is 12.0 Å². The van der Waals surface area contributed by atoms with Gasteiger partial charge in [0, 0.05) is 10.8 Å². The monoisotopic (exact) mass is 1180 g/mol. The molecule has 0 spiro atoms. The summed E-state index contributed by atoms with van der Waals surface area (Å²) in [7, 11) is -11.9. The van der Waals surface area contributed by atoms with Gasteiger partial charge in [0.2, 0.25) is 19.7 Å². The van der Waals surface area contributed by atoms with E-state index in [1.807, 2.05) is 95.3 Å². The minimum Gasteiger partial charge on any atom is -0.744 e. The van der Waals surface area contributed by atoms with Crippen molar-refractivity contribution in [3.05, 3.63) is 210 Å². The van der Waals surface area contributed by atoms with Crippen molar-refractivity contribution in [1.29, 1.82) is 0 Å². The minimum absolute atomic E-state index is 0. The fourth-order valence-corrected chi connectivity index (χ4v) is 11.8. The second kappa shape index (κ2) is 29.3. The van der Waals surface area contributed by atoms with Gasteiger partial charge in [0.1, 0.15) is 50.4 Å². The van der Waals surface area contributed by atoms with E-state index in [4.69, 9.17) is 18.9 Å². The molecule has 0 aliphatic carbocycles. The van der Waals surface area contributed by atoms with E-state index < -0.39 is 50.4 Å². The van der Waals surface area contributed by atoms with Crippen LogP contribution in [0.3, 0.4) is 0 Å². The van der Waals surface area contributed by atoms with Crippen LogP contribution in [0.5, 0.6) is 40.2 Å². The molecular weight excluding hydrogens is 1120 g/mol. The summed E-state index contributed by atoms with van der Waals surface area (Å²) >= 11 is 0.383. The van der Waals surface area contributed by atoms with E-state index >= 15 is 0 Å². The second-order valence-corrected chi connectivity index (χ2v) is 24.0. The number of hydrogen-bond acceptors (Lipinski definition) is 15. The second-order valence-electron chi connectivity index (χ2n) is 18.0. The van der Waals surface area contributed by atoms with Crippen LogP contribution in [-0.2, 0) is 50.0 Å². The molecule has 14 nitrogen and oxygen atoms in total. The molecule has 0 aliphatic heterocycles. The Bertz CT molecular complexity index is 3640. The fraction of sp³-hybridized carbons (Fsp3) is 0.200. The molecule has 0 radical (unpaired) electrons. The van der Waals surface area contributed by atoms with Crippen molar-refractivity contribution in [1.82, 2.24) is 0 Å². The number of rotatable bonds is 19. The maximum atomic E-state index is 14.0. The smallest absolute Gasteiger partial charge is 0.744 e. The van der Waals surface area contributed by atoms with Crippen molar-refractivity contribution >= 4 is 41.8 Å². The van der Waals surface area contributed by atoms with Gasteiger partial charge in [-0.2, -0.15) is 4.33 Å². The Hall–Kier alpha value is -5.00. The average Bonchev–Trinajstić information content (AvgIpc) is 3.39. The van der Waals surface area contributed by atoms with Gasteiger partial charge >= 0.3 is 59.1 Å². The Morgan fingerprint density at radius 1 is 0.425 bits per heavy atom. The van der Waals surface area contributed by atoms with Crippen LogP contribution in [0.25, 0.3) is 0 Å². The summed E-state index contributed by atoms with van der Waals surface area (Å²) in [6.07, 6.45) is 0. The molecule has 80 heavy (non-hydrogen) atoms. The summed E-state index contributed by atoms with van der Waals surface area (Å²) < 4.78 is 120. The molecule has 8 aromatic carbocycles. The normalized spacial score (nSPS) is 11.3. The van der Waals surface area contributed by atoms with Crippen LogP contribution in [0.1, 0.15) is 85.2 Å². The molecule has 8 rings (SSSR count). The van der Waals surface area contributed by atoms with Gasteiger partial charge in [-0.1, -0.05) is 124 Å². The molecule has 414 valence electrons. The number of benzene rings is 8. The van der Waals surface area contributed by atoms with Crippen LogP contribution in [0.4, 0.5) is 0 Å². The summed E-state index contributed by atoms with van der Waals surface area (Å²) in [5.41, 5.74) is 3.83. The van der Waals surface area contributed by atoms with E-state index in [0.717, 1.165) is 57.8 Å². The molecular formula is C60H64Na2O14S4. The number of methoxy groups -OCH3 is 1. The first-order valence-corrected chi connectivity index (χ1v) is 27.7. The Kier molecular flexibility index (Phi) is 26.0. The molecule has 0 N–H and O–H groups in total. The first-order valence-electron chi connectivity index (χ1n) is 22.6. The molecule has 8 aromatic rings. The zero-order chi connectivity index (χ0) is 53.1. The molecule has 0 atom stereocenters. The number of sulfone groups is 2. The van der Waals surface area contributed by atoms with Crippen molar-refractivity contribution in [3.63, 3.8) is 0 Å². The van der Waals surface area contributed by atoms with Crippen molar-refractivity contribution < 1.29 is 122 Å². The molecule has 0 aromatic heterocycles. The SMILES string of the molecule is C.C.C.C.COc1ccc(C(C)(C)c2ccc(Oc3ccc(S(=O)(=O)c4ccc(Oc5ccc(C(C)(C)c6ccc(Oc7ccc(S(=O)(=O)c8ccc(C)cc8)cc7)cc6)cc5)c(SOO[O-])c4)cc3S(=O)(=O)[O-])cc2)cc1.[Na+].[Na+]. The Labute approximate surface area is 521 Å². The molecule has 0 unspecified atom stereocenters. The van der Waals surface area contributed by atoms with Crippen LogP contribution in [-0.4, -0.2) is 36.9 Å². The van der Waals surface area contributed by atoms with Gasteiger partial charge in [0.25, 0.3) is 0 Å². The number of hydrogen-bond donors (Lipinski definition) is 0. The molecule has 0 bridgehead atoms. The average molecular weight is 1180 g/mol. The molecule has 0 saturated heterocycles. The summed E-state index contributed by atoms with van der Waals surface area (Å²) in [4.78, 5) is -1.40. The van der Waals surface area contributed by atoms with Gasteiger partial charge in [-0.3, -0.25) is 5.04 Å². The van der Waals surface area contributed by atoms with E-state index in [1.165, 1.54) is 24.3 Å². The summed E-state index contributed by atoms with van der Waals surface area (Å²) in [6, 6.07) is 48.7. The van der Waals surface area contributed by atoms with Crippen LogP contribution < -0.4 is 83.3 Å². The van der Waals surface area contributed by atoms with Crippen LogP contribution in [0.2, 0.25) is 0 Å². The molecule has 20 heteroatoms. The minimum atomic E-state index is -5.27. The first kappa shape index (κ1) is 71.1. The van der Waals surface area contributed by atoms with E-state index in [2.05, 4.69) is 9.37 Å². The Morgan fingerprint density at radius 3 is 1.15 bits per heavy atom. The number of aryl methyl sites for hydroxylation is 1. The van der Waals surface area contributed by atoms with Gasteiger partial charge in [-0.25, -0.2) is 25.3 Å². The predicted octanol–water partition coefficient (Wildman–Crippen LogP) is 8.39. The van der Waals surface area contributed by atoms with Crippen LogP contribution in [0, 0.1) is 6.92 Å². The zero-order valence-electron chi connectivity index (χ0n) is 42.7. The zero-order valence-corrected chi connectivity index (χ0v) is 49.9. The summed E-state index contributed by atoms with van der Waals surface area (Å²) in [5, 5.41) is 14.5. The maximum absolute atomic E-state index is 14.0. The van der Waals surface area contributed by atoms with E-state index in [0.29, 0.717) is 29.3 Å². The third kappa shape index (κ3) is 16.2. The fourth-order valence-electron chi connectivity index (χ4n) is 8.02. The van der Waals surface area contributed by atoms with Gasteiger partial charge in [0.15, 0.2) is 0 Å². The van der Waals surface area contributed by atoms with Gasteiger partial charge in [-0.05, 0) is 151 Å². The molecule has 0 heterocycles. The van der Waals surface area contributed by atoms with Gasteiger partial charge < -0.3 is 28.8 Å². The van der Waals surface area contributed by atoms with Crippen molar-refractivity contribution in [2.24, 2.45) is 0 Å². The third-order valence-corrected chi connectivity index (χ3v) is 17.6. The van der Waals surface area contributed by atoms with E-state index in [9.17, 15) is 35.1 Å². The Balaban J connectivity index is 0.00000364.